The van der Waals surface area contributed by atoms with Crippen molar-refractivity contribution in [3.63, 3.8) is 0 Å². The van der Waals surface area contributed by atoms with Gasteiger partial charge in [-0.15, -0.1) is 0 Å². The van der Waals surface area contributed by atoms with Crippen molar-refractivity contribution in [1.29, 1.82) is 0 Å². The maximum atomic E-state index is 13.9. The average Bonchev–Trinajstić information content (AvgIpc) is 3.18. The van der Waals surface area contributed by atoms with Crippen LogP contribution in [0.3, 0.4) is 0 Å². The summed E-state index contributed by atoms with van der Waals surface area (Å²) in [4.78, 5) is 29.4. The third kappa shape index (κ3) is 4.46. The standard InChI is InChI=1S/C30H29ClN2O4/c1-18-5-6-21-15-23(36-3)11-13-27(21)32(18)29(34)17-25-19(2)33(28-14-12-24(37-4)16-26(25)28)30(35)20-7-9-22(31)10-8-20/h7-16,18H,5-6,17H2,1-4H3/t18-/m1/s1. The maximum absolute atomic E-state index is 13.9. The molecule has 0 saturated carbocycles. The summed E-state index contributed by atoms with van der Waals surface area (Å²) in [6.45, 7) is 3.97. The van der Waals surface area contributed by atoms with Gasteiger partial charge in [0.15, 0.2) is 0 Å². The minimum Gasteiger partial charge on any atom is -0.497 e. The minimum atomic E-state index is -0.174. The molecule has 3 aromatic carbocycles. The van der Waals surface area contributed by atoms with E-state index in [0.29, 0.717) is 16.3 Å². The van der Waals surface area contributed by atoms with Gasteiger partial charge >= 0.3 is 0 Å². The molecule has 6 nitrogen and oxygen atoms in total. The van der Waals surface area contributed by atoms with Crippen LogP contribution in [0.15, 0.2) is 60.7 Å². The fraction of sp³-hybridized carbons (Fsp3) is 0.267. The normalized spacial score (nSPS) is 14.9. The number of halogens is 1. The smallest absolute Gasteiger partial charge is 0.262 e. The van der Waals surface area contributed by atoms with Gasteiger partial charge in [0.1, 0.15) is 11.5 Å². The van der Waals surface area contributed by atoms with Crippen molar-refractivity contribution in [3.05, 3.63) is 88.1 Å². The zero-order valence-corrected chi connectivity index (χ0v) is 22.1. The quantitative estimate of drug-likeness (QED) is 0.316. The van der Waals surface area contributed by atoms with Crippen LogP contribution in [0.2, 0.25) is 5.02 Å². The van der Waals surface area contributed by atoms with Crippen LogP contribution in [-0.2, 0) is 17.6 Å². The largest absolute Gasteiger partial charge is 0.497 e. The van der Waals surface area contributed by atoms with E-state index in [2.05, 4.69) is 6.92 Å². The Morgan fingerprint density at radius 2 is 1.65 bits per heavy atom. The Morgan fingerprint density at radius 3 is 2.35 bits per heavy atom. The molecular weight excluding hydrogens is 488 g/mol. The minimum absolute atomic E-state index is 0.0115. The lowest BCUT2D eigenvalue weighted by Gasteiger charge is -2.35. The summed E-state index contributed by atoms with van der Waals surface area (Å²) in [6.07, 6.45) is 1.92. The summed E-state index contributed by atoms with van der Waals surface area (Å²) < 4.78 is 12.6. The number of carbonyl (C=O) groups excluding carboxylic acids is 2. The number of amides is 1. The number of aromatic nitrogens is 1. The highest BCUT2D eigenvalue weighted by atomic mass is 35.5. The van der Waals surface area contributed by atoms with Crippen LogP contribution < -0.4 is 14.4 Å². The van der Waals surface area contributed by atoms with E-state index in [0.717, 1.165) is 52.0 Å². The van der Waals surface area contributed by atoms with Crippen LogP contribution in [0.25, 0.3) is 10.9 Å². The van der Waals surface area contributed by atoms with Gasteiger partial charge in [-0.1, -0.05) is 11.6 Å². The number of nitrogens with zero attached hydrogens (tertiary/aromatic N) is 2. The molecule has 2 heterocycles. The Kier molecular flexibility index (Phi) is 6.69. The third-order valence-corrected chi connectivity index (χ3v) is 7.50. The van der Waals surface area contributed by atoms with Crippen molar-refractivity contribution >= 4 is 40.0 Å². The highest BCUT2D eigenvalue weighted by molar-refractivity contribution is 6.30. The lowest BCUT2D eigenvalue weighted by atomic mass is 9.95. The second-order valence-corrected chi connectivity index (χ2v) is 9.85. The Morgan fingerprint density at radius 1 is 0.973 bits per heavy atom. The van der Waals surface area contributed by atoms with Crippen molar-refractivity contribution in [2.24, 2.45) is 0 Å². The predicted molar refractivity (Wildman–Crippen MR) is 146 cm³/mol. The SMILES string of the molecule is COc1ccc2c(c1)CC[C@@H](C)N2C(=O)Cc1c(C)n(C(=O)c2ccc(Cl)cc2)c2ccc(OC)cc12. The number of methoxy groups -OCH3 is 2. The molecule has 4 aromatic rings. The van der Waals surface area contributed by atoms with Gasteiger partial charge in [-0.05, 0) is 98.5 Å². The number of fused-ring (bicyclic) bond motifs is 2. The number of aryl methyl sites for hydroxylation is 1. The summed E-state index contributed by atoms with van der Waals surface area (Å²) >= 11 is 6.04. The number of hydrogen-bond donors (Lipinski definition) is 0. The molecule has 190 valence electrons. The summed E-state index contributed by atoms with van der Waals surface area (Å²) in [5.74, 6) is 1.27. The topological polar surface area (TPSA) is 60.8 Å². The molecule has 1 aliphatic rings. The molecule has 0 aliphatic carbocycles. The van der Waals surface area contributed by atoms with Crippen molar-refractivity contribution in [1.82, 2.24) is 4.57 Å². The molecule has 1 aliphatic heterocycles. The number of ether oxygens (including phenoxy) is 2. The second kappa shape index (κ2) is 9.94. The zero-order valence-electron chi connectivity index (χ0n) is 21.4. The third-order valence-electron chi connectivity index (χ3n) is 7.25. The summed E-state index contributed by atoms with van der Waals surface area (Å²) in [5.41, 5.74) is 4.82. The van der Waals surface area contributed by atoms with Crippen molar-refractivity contribution in [3.8, 4) is 11.5 Å². The summed E-state index contributed by atoms with van der Waals surface area (Å²) in [6, 6.07) is 18.4. The highest BCUT2D eigenvalue weighted by Gasteiger charge is 2.30. The first-order valence-corrected chi connectivity index (χ1v) is 12.7. The monoisotopic (exact) mass is 516 g/mol. The van der Waals surface area contributed by atoms with Crippen molar-refractivity contribution < 1.29 is 19.1 Å². The zero-order chi connectivity index (χ0) is 26.3. The van der Waals surface area contributed by atoms with Gasteiger partial charge in [0.05, 0.1) is 26.2 Å². The molecule has 0 saturated heterocycles. The highest BCUT2D eigenvalue weighted by Crippen LogP contribution is 2.36. The molecular formula is C30H29ClN2O4. The molecule has 7 heteroatoms. The molecule has 5 rings (SSSR count). The number of carbonyl (C=O) groups is 2. The molecule has 0 fully saturated rings. The Bertz CT molecular complexity index is 1510. The van der Waals surface area contributed by atoms with Gasteiger partial charge in [0, 0.05) is 33.4 Å². The van der Waals surface area contributed by atoms with Gasteiger partial charge < -0.3 is 14.4 Å². The molecule has 0 spiro atoms. The lowest BCUT2D eigenvalue weighted by molar-refractivity contribution is -0.118. The summed E-state index contributed by atoms with van der Waals surface area (Å²) in [7, 11) is 3.25. The second-order valence-electron chi connectivity index (χ2n) is 9.42. The van der Waals surface area contributed by atoms with Crippen LogP contribution in [0.5, 0.6) is 11.5 Å². The number of benzene rings is 3. The van der Waals surface area contributed by atoms with Gasteiger partial charge in [-0.2, -0.15) is 0 Å². The first-order chi connectivity index (χ1) is 17.8. The average molecular weight is 517 g/mol. The van der Waals surface area contributed by atoms with E-state index in [4.69, 9.17) is 21.1 Å². The molecule has 0 N–H and O–H groups in total. The van der Waals surface area contributed by atoms with Crippen LogP contribution in [0.4, 0.5) is 5.69 Å². The van der Waals surface area contributed by atoms with Gasteiger partial charge in [0.2, 0.25) is 5.91 Å². The summed E-state index contributed by atoms with van der Waals surface area (Å²) in [5, 5.41) is 1.39. The molecule has 0 bridgehead atoms. The molecule has 1 aromatic heterocycles. The number of anilines is 1. The molecule has 1 amide bonds. The Labute approximate surface area is 221 Å². The Balaban J connectivity index is 1.58. The van der Waals surface area contributed by atoms with Crippen molar-refractivity contribution in [2.75, 3.05) is 19.1 Å². The number of hydrogen-bond acceptors (Lipinski definition) is 4. The van der Waals surface area contributed by atoms with E-state index in [-0.39, 0.29) is 24.3 Å². The molecule has 0 unspecified atom stereocenters. The molecule has 37 heavy (non-hydrogen) atoms. The molecule has 1 atom stereocenters. The van der Waals surface area contributed by atoms with E-state index < -0.39 is 0 Å². The van der Waals surface area contributed by atoms with E-state index in [1.807, 2.05) is 48.2 Å². The van der Waals surface area contributed by atoms with E-state index >= 15 is 0 Å². The van der Waals surface area contributed by atoms with E-state index in [9.17, 15) is 9.59 Å². The van der Waals surface area contributed by atoms with E-state index in [1.54, 1.807) is 43.1 Å². The Hall–Kier alpha value is -3.77. The van der Waals surface area contributed by atoms with Crippen LogP contribution in [0, 0.1) is 6.92 Å². The maximum Gasteiger partial charge on any atom is 0.262 e. The van der Waals surface area contributed by atoms with Crippen molar-refractivity contribution in [2.45, 2.75) is 39.2 Å². The first-order valence-electron chi connectivity index (χ1n) is 12.3. The van der Waals surface area contributed by atoms with Gasteiger partial charge in [-0.25, -0.2) is 0 Å². The molecule has 0 radical (unpaired) electrons. The predicted octanol–water partition coefficient (Wildman–Crippen LogP) is 6.22. The number of rotatable bonds is 5. The fourth-order valence-electron chi connectivity index (χ4n) is 5.27. The first kappa shape index (κ1) is 24.9. The van der Waals surface area contributed by atoms with E-state index in [1.165, 1.54) is 0 Å². The lowest BCUT2D eigenvalue weighted by Crippen LogP contribution is -2.43. The van der Waals surface area contributed by atoms with Crippen LogP contribution >= 0.6 is 11.6 Å². The van der Waals surface area contributed by atoms with Crippen LogP contribution in [0.1, 0.15) is 40.5 Å². The van der Waals surface area contributed by atoms with Gasteiger partial charge in [0.25, 0.3) is 5.91 Å². The van der Waals surface area contributed by atoms with Gasteiger partial charge in [-0.3, -0.25) is 14.2 Å². The van der Waals surface area contributed by atoms with Crippen LogP contribution in [-0.4, -0.2) is 36.6 Å². The fourth-order valence-corrected chi connectivity index (χ4v) is 5.39.